The molecule has 0 aliphatic heterocycles. The topological polar surface area (TPSA) is 56.1 Å². The Kier molecular flexibility index (Phi) is 6.04. The van der Waals surface area contributed by atoms with E-state index in [2.05, 4.69) is 10.4 Å². The Hall–Kier alpha value is -2.50. The van der Waals surface area contributed by atoms with Crippen LogP contribution in [0.15, 0.2) is 48.5 Å². The van der Waals surface area contributed by atoms with Gasteiger partial charge in [0.05, 0.1) is 17.3 Å². The van der Waals surface area contributed by atoms with Crippen molar-refractivity contribution in [2.75, 3.05) is 0 Å². The molecule has 3 aromatic rings. The van der Waals surface area contributed by atoms with Crippen molar-refractivity contribution in [3.05, 3.63) is 81.1 Å². The van der Waals surface area contributed by atoms with Crippen LogP contribution in [-0.2, 0) is 20.2 Å². The predicted octanol–water partition coefficient (Wildman–Crippen LogP) is 4.54. The minimum atomic E-state index is -0.147. The largest absolute Gasteiger partial charge is 0.487 e. The van der Waals surface area contributed by atoms with Crippen LogP contribution in [0.4, 0.5) is 0 Å². The Morgan fingerprint density at radius 2 is 1.89 bits per heavy atom. The van der Waals surface area contributed by atoms with Crippen LogP contribution in [0, 0.1) is 6.92 Å². The van der Waals surface area contributed by atoms with Crippen molar-refractivity contribution in [3.8, 4) is 5.75 Å². The molecule has 0 bridgehead atoms. The highest BCUT2D eigenvalue weighted by Gasteiger charge is 2.08. The third-order valence-electron chi connectivity index (χ3n) is 4.10. The van der Waals surface area contributed by atoms with Crippen LogP contribution in [0.2, 0.25) is 10.0 Å². The summed E-state index contributed by atoms with van der Waals surface area (Å²) in [5.41, 5.74) is 3.38. The van der Waals surface area contributed by atoms with Gasteiger partial charge in [0.2, 0.25) is 0 Å². The molecule has 0 atom stereocenters. The second-order valence-corrected chi connectivity index (χ2v) is 6.99. The number of carbonyl (C=O) groups is 1. The fourth-order valence-corrected chi connectivity index (χ4v) is 2.96. The maximum atomic E-state index is 12.3. The highest BCUT2D eigenvalue weighted by Crippen LogP contribution is 2.28. The minimum Gasteiger partial charge on any atom is -0.487 e. The van der Waals surface area contributed by atoms with Crippen LogP contribution in [0.25, 0.3) is 0 Å². The molecule has 0 radical (unpaired) electrons. The minimum absolute atomic E-state index is 0.147. The molecule has 1 amide bonds. The van der Waals surface area contributed by atoms with Crippen LogP contribution >= 0.6 is 23.2 Å². The van der Waals surface area contributed by atoms with Crippen LogP contribution in [0.5, 0.6) is 5.75 Å². The standard InChI is InChI=1S/C20H19Cl2N3O2/c1-13-9-17(24-25(13)2)11-23-20(26)15-5-3-14(4-6-15)12-27-19-8-7-16(21)10-18(19)22/h3-10H,11-12H2,1-2H3,(H,23,26). The Morgan fingerprint density at radius 1 is 1.15 bits per heavy atom. The number of benzene rings is 2. The van der Waals surface area contributed by atoms with E-state index in [-0.39, 0.29) is 5.91 Å². The van der Waals surface area contributed by atoms with Crippen molar-refractivity contribution in [1.82, 2.24) is 15.1 Å². The summed E-state index contributed by atoms with van der Waals surface area (Å²) >= 11 is 12.0. The van der Waals surface area contributed by atoms with E-state index in [1.54, 1.807) is 35.0 Å². The van der Waals surface area contributed by atoms with E-state index >= 15 is 0 Å². The van der Waals surface area contributed by atoms with Gasteiger partial charge in [-0.3, -0.25) is 9.48 Å². The lowest BCUT2D eigenvalue weighted by atomic mass is 10.1. The third-order valence-corrected chi connectivity index (χ3v) is 4.63. The van der Waals surface area contributed by atoms with Crippen molar-refractivity contribution in [2.45, 2.75) is 20.1 Å². The molecule has 1 aromatic heterocycles. The predicted molar refractivity (Wildman–Crippen MR) is 106 cm³/mol. The van der Waals surface area contributed by atoms with Gasteiger partial charge in [-0.05, 0) is 48.9 Å². The zero-order chi connectivity index (χ0) is 19.4. The molecule has 0 saturated carbocycles. The lowest BCUT2D eigenvalue weighted by molar-refractivity contribution is 0.0950. The van der Waals surface area contributed by atoms with Crippen molar-refractivity contribution >= 4 is 29.1 Å². The normalized spacial score (nSPS) is 10.7. The molecule has 7 heteroatoms. The molecule has 2 aromatic carbocycles. The number of amides is 1. The molecular weight excluding hydrogens is 385 g/mol. The third kappa shape index (κ3) is 5.02. The van der Waals surface area contributed by atoms with Gasteiger partial charge in [0.15, 0.2) is 0 Å². The van der Waals surface area contributed by atoms with E-state index in [1.165, 1.54) is 0 Å². The first-order valence-electron chi connectivity index (χ1n) is 8.37. The van der Waals surface area contributed by atoms with Crippen molar-refractivity contribution < 1.29 is 9.53 Å². The molecule has 27 heavy (non-hydrogen) atoms. The molecule has 1 N–H and O–H groups in total. The summed E-state index contributed by atoms with van der Waals surface area (Å²) in [5.74, 6) is 0.417. The quantitative estimate of drug-likeness (QED) is 0.656. The van der Waals surface area contributed by atoms with E-state index < -0.39 is 0 Å². The smallest absolute Gasteiger partial charge is 0.251 e. The number of halogens is 2. The molecular formula is C20H19Cl2N3O2. The number of aromatic nitrogens is 2. The molecule has 3 rings (SSSR count). The zero-order valence-corrected chi connectivity index (χ0v) is 16.5. The van der Waals surface area contributed by atoms with Crippen molar-refractivity contribution in [3.63, 3.8) is 0 Å². The van der Waals surface area contributed by atoms with Crippen LogP contribution in [0.1, 0.15) is 27.3 Å². The van der Waals surface area contributed by atoms with Gasteiger partial charge >= 0.3 is 0 Å². The van der Waals surface area contributed by atoms with Gasteiger partial charge in [-0.1, -0.05) is 35.3 Å². The molecule has 0 fully saturated rings. The summed E-state index contributed by atoms with van der Waals surface area (Å²) in [6, 6.07) is 14.3. The molecule has 0 aliphatic rings. The summed E-state index contributed by atoms with van der Waals surface area (Å²) in [4.78, 5) is 12.3. The number of carbonyl (C=O) groups excluding carboxylic acids is 1. The number of nitrogens with one attached hydrogen (secondary N) is 1. The Morgan fingerprint density at radius 3 is 2.52 bits per heavy atom. The van der Waals surface area contributed by atoms with Crippen LogP contribution in [-0.4, -0.2) is 15.7 Å². The van der Waals surface area contributed by atoms with Gasteiger partial charge in [-0.2, -0.15) is 5.10 Å². The summed E-state index contributed by atoms with van der Waals surface area (Å²) in [6.45, 7) is 2.70. The summed E-state index contributed by atoms with van der Waals surface area (Å²) < 4.78 is 7.48. The first-order chi connectivity index (χ1) is 12.9. The fraction of sp³-hybridized carbons (Fsp3) is 0.200. The monoisotopic (exact) mass is 403 g/mol. The lowest BCUT2D eigenvalue weighted by Gasteiger charge is -2.09. The van der Waals surface area contributed by atoms with Crippen molar-refractivity contribution in [2.24, 2.45) is 7.05 Å². The van der Waals surface area contributed by atoms with E-state index in [4.69, 9.17) is 27.9 Å². The van der Waals surface area contributed by atoms with Gasteiger partial charge in [-0.15, -0.1) is 0 Å². The van der Waals surface area contributed by atoms with E-state index in [1.807, 2.05) is 32.2 Å². The average molecular weight is 404 g/mol. The van der Waals surface area contributed by atoms with Gasteiger partial charge in [0, 0.05) is 23.3 Å². The summed E-state index contributed by atoms with van der Waals surface area (Å²) in [7, 11) is 1.87. The fourth-order valence-electron chi connectivity index (χ4n) is 2.50. The second kappa shape index (κ2) is 8.46. The Labute approximate surface area is 167 Å². The van der Waals surface area contributed by atoms with E-state index in [9.17, 15) is 4.79 Å². The maximum absolute atomic E-state index is 12.3. The number of rotatable bonds is 6. The molecule has 0 aliphatic carbocycles. The molecule has 0 unspecified atom stereocenters. The SMILES string of the molecule is Cc1cc(CNC(=O)c2ccc(COc3ccc(Cl)cc3Cl)cc2)nn1C. The zero-order valence-electron chi connectivity index (χ0n) is 15.0. The summed E-state index contributed by atoms with van der Waals surface area (Å²) in [5, 5.41) is 8.21. The molecule has 1 heterocycles. The van der Waals surface area contributed by atoms with Gasteiger partial charge in [0.25, 0.3) is 5.91 Å². The molecule has 140 valence electrons. The average Bonchev–Trinajstić information content (AvgIpc) is 2.97. The molecule has 5 nitrogen and oxygen atoms in total. The maximum Gasteiger partial charge on any atom is 0.251 e. The Bertz CT molecular complexity index is 933. The van der Waals surface area contributed by atoms with Crippen LogP contribution < -0.4 is 10.1 Å². The van der Waals surface area contributed by atoms with Gasteiger partial charge in [0.1, 0.15) is 12.4 Å². The number of hydrogen-bond donors (Lipinski definition) is 1. The number of ether oxygens (including phenoxy) is 1. The lowest BCUT2D eigenvalue weighted by Crippen LogP contribution is -2.23. The van der Waals surface area contributed by atoms with Gasteiger partial charge in [-0.25, -0.2) is 0 Å². The molecule has 0 saturated heterocycles. The van der Waals surface area contributed by atoms with E-state index in [0.717, 1.165) is 17.0 Å². The number of nitrogens with zero attached hydrogens (tertiary/aromatic N) is 2. The highest BCUT2D eigenvalue weighted by atomic mass is 35.5. The summed E-state index contributed by atoms with van der Waals surface area (Å²) in [6.07, 6.45) is 0. The number of hydrogen-bond acceptors (Lipinski definition) is 3. The Balaban J connectivity index is 1.55. The van der Waals surface area contributed by atoms with Gasteiger partial charge < -0.3 is 10.1 Å². The second-order valence-electron chi connectivity index (χ2n) is 6.14. The first-order valence-corrected chi connectivity index (χ1v) is 9.12. The number of aryl methyl sites for hydroxylation is 2. The first kappa shape index (κ1) is 19.3. The van der Waals surface area contributed by atoms with Crippen LogP contribution in [0.3, 0.4) is 0 Å². The van der Waals surface area contributed by atoms with Crippen molar-refractivity contribution in [1.29, 1.82) is 0 Å². The highest BCUT2D eigenvalue weighted by molar-refractivity contribution is 6.35. The molecule has 0 spiro atoms. The van der Waals surface area contributed by atoms with E-state index in [0.29, 0.717) is 34.5 Å².